The summed E-state index contributed by atoms with van der Waals surface area (Å²) in [5, 5.41) is 35.8. The number of hydrogen-bond acceptors (Lipinski definition) is 6. The third-order valence-corrected chi connectivity index (χ3v) is 11.5. The summed E-state index contributed by atoms with van der Waals surface area (Å²) in [5.41, 5.74) is 0.907. The lowest BCUT2D eigenvalue weighted by Crippen LogP contribution is -2.87. The van der Waals surface area contributed by atoms with Crippen LogP contribution in [0, 0.1) is 0 Å². The average Bonchev–Trinajstić information content (AvgIpc) is 3.18. The fraction of sp³-hybridized carbons (Fsp3) is 0.640. The number of aliphatic carboxylic acids is 1. The Hall–Kier alpha value is -0.542. The molecule has 64 heavy (non-hydrogen) atoms. The zero-order valence-electron chi connectivity index (χ0n) is 37.7. The molecule has 0 fully saturated rings. The first-order chi connectivity index (χ1) is 30.0. The summed E-state index contributed by atoms with van der Waals surface area (Å²) in [5.74, 6) is -0.856. The van der Waals surface area contributed by atoms with Gasteiger partial charge >= 0.3 is 13.1 Å². The Bertz CT molecular complexity index is 1390. The van der Waals surface area contributed by atoms with Crippen LogP contribution >= 0.6 is 0 Å². The molecule has 9 nitrogen and oxygen atoms in total. The number of carbonyl (C=O) groups is 3. The molecule has 0 spiro atoms. The van der Waals surface area contributed by atoms with E-state index in [-0.39, 0.29) is 11.8 Å². The van der Waals surface area contributed by atoms with Crippen molar-refractivity contribution in [2.24, 2.45) is 0 Å². The van der Waals surface area contributed by atoms with E-state index < -0.39 is 102 Å². The van der Waals surface area contributed by atoms with Crippen molar-refractivity contribution in [3.05, 3.63) is 24.3 Å². The number of unbranched alkanes of at least 4 members (excludes halogenated alkanes) is 8. The number of rotatable bonds is 33. The monoisotopic (exact) mass is 811 g/mol. The summed E-state index contributed by atoms with van der Waals surface area (Å²) >= 11 is 0. The minimum atomic E-state index is -1.55. The molecule has 0 aliphatic heterocycles. The number of nitrogens with one attached hydrogen (secondary N) is 3. The first-order valence-electron chi connectivity index (χ1n) is 22.1. The van der Waals surface area contributed by atoms with Crippen LogP contribution in [0.15, 0.2) is 24.3 Å². The highest BCUT2D eigenvalue weighted by molar-refractivity contribution is 8.26. The van der Waals surface area contributed by atoms with Crippen LogP contribution in [0.3, 0.4) is 0 Å². The zero-order chi connectivity index (χ0) is 49.1. The Balaban J connectivity index is 0.00000126. The van der Waals surface area contributed by atoms with Crippen LogP contribution in [0.25, 0.3) is 0 Å². The molecule has 0 bridgehead atoms. The Morgan fingerprint density at radius 2 is 1.03 bits per heavy atom. The molecule has 1 rings (SSSR count). The van der Waals surface area contributed by atoms with Gasteiger partial charge in [0.2, 0.25) is 11.8 Å². The van der Waals surface area contributed by atoms with Crippen LogP contribution < -0.4 is 21.4 Å². The molecule has 0 aliphatic carbocycles. The van der Waals surface area contributed by atoms with Gasteiger partial charge in [-0.15, -0.1) is 0 Å². The van der Waals surface area contributed by atoms with Gasteiger partial charge in [-0.3, -0.25) is 14.4 Å². The van der Waals surface area contributed by atoms with Crippen molar-refractivity contribution in [2.45, 2.75) is 89.5 Å². The first kappa shape index (κ1) is 63.5. The van der Waals surface area contributed by atoms with Gasteiger partial charge in [-0.05, 0) is 56.7 Å². The normalized spacial score (nSPS) is 10.6. The van der Waals surface area contributed by atoms with Crippen molar-refractivity contribution in [1.29, 1.82) is 0 Å². The molecule has 0 heterocycles. The number of carbonyl (C=O) groups excluding carboxylic acids is 2. The summed E-state index contributed by atoms with van der Waals surface area (Å²) in [6, 6.07) is 6.01. The topological polar surface area (TPSA) is 148 Å². The molecule has 1 aromatic carbocycles. The zero-order valence-corrected chi connectivity index (χ0v) is 37.7. The SMILES string of the molecule is CNC(CCCCNC(=O)CCCCCCCCCCC(=O)Nc1cccc(B(O)O)c1)C(=O)O.[B][B]B(B([B])[B])B(B(B([B])[B])B([B])[B])B(B(B([B])[B])B([B])[B])B(B([B])[B])B([B])[B]. The van der Waals surface area contributed by atoms with Crippen LogP contribution in [0.2, 0.25) is 0 Å². The summed E-state index contributed by atoms with van der Waals surface area (Å²) in [6.07, 6.45) is -0.666. The van der Waals surface area contributed by atoms with E-state index >= 15 is 0 Å². The van der Waals surface area contributed by atoms with E-state index in [4.69, 9.17) is 121 Å². The standard InChI is InChI=1S/C25H42BN3O6.B29/c1-27-22(25(32)33)15-10-11-18-28-23(30)16-8-6-4-2-3-5-7-9-17-24(31)29-21-14-12-13-20(19-21)26(34)35;1-16-24(17(2)3)28(25(18(4)5)19(6)7)29(26(20(8)9)21(10)11)27(22(12)13)23(14)15/h12-14,19,22,27,34-35H,2-11,15-18H2,1H3,(H,28,30)(H,29,31)(H,32,33);. The number of hydrogen-bond donors (Lipinski definition) is 6. The maximum Gasteiger partial charge on any atom is 0.488 e. The maximum atomic E-state index is 12.0. The molecule has 0 aliphatic rings. The Labute approximate surface area is 412 Å². The van der Waals surface area contributed by atoms with Gasteiger partial charge in [-0.2, -0.15) is 0 Å². The van der Waals surface area contributed by atoms with Crippen LogP contribution in [0.1, 0.15) is 83.5 Å². The number of carboxylic acid groups (broad SMARTS) is 1. The van der Waals surface area contributed by atoms with E-state index in [0.717, 1.165) is 64.2 Å². The quantitative estimate of drug-likeness (QED) is 0.0306. The second-order valence-corrected chi connectivity index (χ2v) is 16.6. The first-order valence-corrected chi connectivity index (χ1v) is 22.1. The van der Waals surface area contributed by atoms with Gasteiger partial charge in [0.15, 0.2) is 0 Å². The second-order valence-electron chi connectivity index (χ2n) is 16.6. The van der Waals surface area contributed by atoms with E-state index in [1.807, 2.05) is 0 Å². The average molecular weight is 805 g/mol. The van der Waals surface area contributed by atoms with Crippen molar-refractivity contribution in [2.75, 3.05) is 18.9 Å². The molecule has 1 unspecified atom stereocenters. The summed E-state index contributed by atoms with van der Waals surface area (Å²) in [4.78, 5) is 34.8. The van der Waals surface area contributed by atoms with E-state index in [1.165, 1.54) is 7.06 Å². The molecule has 283 valence electrons. The Morgan fingerprint density at radius 3 is 1.42 bits per heavy atom. The lowest BCUT2D eigenvalue weighted by molar-refractivity contribution is -0.139. The smallest absolute Gasteiger partial charge is 0.480 e. The molecule has 2 amide bonds. The molecule has 6 N–H and O–H groups in total. The highest BCUT2D eigenvalue weighted by Crippen LogP contribution is 2.15. The maximum absolute atomic E-state index is 12.0. The summed E-state index contributed by atoms with van der Waals surface area (Å²) in [6.45, 7) is 0.588. The Morgan fingerprint density at radius 1 is 0.594 bits per heavy atom. The highest BCUT2D eigenvalue weighted by atomic mass is 16.4. The molecular weight excluding hydrogens is 763 g/mol. The summed E-state index contributed by atoms with van der Waals surface area (Å²) in [7, 11) is 91.3. The third kappa shape index (κ3) is 25.2. The minimum absolute atomic E-state index is 0.0611. The number of anilines is 1. The Kier molecular flexibility index (Phi) is 35.3. The van der Waals surface area contributed by atoms with Gasteiger partial charge in [-0.1, -0.05) is 50.7 Å². The van der Waals surface area contributed by atoms with E-state index in [2.05, 4.69) is 16.0 Å². The van der Waals surface area contributed by atoms with Crippen LogP contribution in [0.5, 0.6) is 0 Å². The van der Waals surface area contributed by atoms with Crippen LogP contribution in [-0.2, 0) is 14.4 Å². The predicted molar refractivity (Wildman–Crippen MR) is 305 cm³/mol. The van der Waals surface area contributed by atoms with Gasteiger partial charge in [0.25, 0.3) is 0 Å². The van der Waals surface area contributed by atoms with Crippen molar-refractivity contribution < 1.29 is 29.5 Å². The number of amides is 2. The molecule has 0 saturated heterocycles. The highest BCUT2D eigenvalue weighted by Gasteiger charge is 2.51. The lowest BCUT2D eigenvalue weighted by atomic mass is 8.32. The van der Waals surface area contributed by atoms with Gasteiger partial charge in [0.1, 0.15) is 6.04 Å². The number of carboxylic acids is 1. The largest absolute Gasteiger partial charge is 0.488 e. The van der Waals surface area contributed by atoms with Crippen LogP contribution in [0.4, 0.5) is 5.69 Å². The van der Waals surface area contributed by atoms with Crippen molar-refractivity contribution in [1.82, 2.24) is 10.6 Å². The number of likely N-dealkylation sites (N-methyl/N-ethyl adjacent to an activating group) is 1. The van der Waals surface area contributed by atoms with E-state index in [9.17, 15) is 24.4 Å². The van der Waals surface area contributed by atoms with Gasteiger partial charge in [-0.25, -0.2) is 0 Å². The van der Waals surface area contributed by atoms with Gasteiger partial charge in [0, 0.05) is 231 Å². The van der Waals surface area contributed by atoms with Crippen molar-refractivity contribution in [3.8, 4) is 0 Å². The van der Waals surface area contributed by atoms with E-state index in [1.54, 1.807) is 31.3 Å². The lowest BCUT2D eigenvalue weighted by Gasteiger charge is -2.49. The fourth-order valence-electron chi connectivity index (χ4n) is 8.18. The fourth-order valence-corrected chi connectivity index (χ4v) is 8.18. The van der Waals surface area contributed by atoms with Crippen LogP contribution in [-0.4, -0.2) is 266 Å². The van der Waals surface area contributed by atoms with E-state index in [0.29, 0.717) is 37.0 Å². The minimum Gasteiger partial charge on any atom is -0.480 e. The predicted octanol–water partition coefficient (Wildman–Crippen LogP) is -8.88. The van der Waals surface area contributed by atoms with Crippen molar-refractivity contribution >= 4 is 242 Å². The molecule has 31 radical (unpaired) electrons. The molecule has 0 saturated carbocycles. The molecular formula is C25H42B30N3O6. The molecule has 0 aromatic heterocycles. The third-order valence-electron chi connectivity index (χ3n) is 11.5. The molecule has 1 aromatic rings. The number of benzene rings is 1. The second kappa shape index (κ2) is 35.6. The van der Waals surface area contributed by atoms with Gasteiger partial charge < -0.3 is 31.1 Å². The molecule has 1 atom stereocenters. The molecule has 39 heteroatoms. The van der Waals surface area contributed by atoms with Crippen molar-refractivity contribution in [3.63, 3.8) is 0 Å². The summed E-state index contributed by atoms with van der Waals surface area (Å²) < 4.78 is 0. The van der Waals surface area contributed by atoms with Gasteiger partial charge in [0.05, 0.1) is 0 Å².